The van der Waals surface area contributed by atoms with Crippen molar-refractivity contribution in [3.63, 3.8) is 0 Å². The Morgan fingerprint density at radius 1 is 1.11 bits per heavy atom. The SMILES string of the molecule is CCC(C)(C)NC(=O)[C@H](c1cccn1C)N(C(=O)Cn1nnc2ccccc21)c1cccc(OC)c1. The van der Waals surface area contributed by atoms with Crippen LogP contribution in [0.15, 0.2) is 66.9 Å². The fourth-order valence-electron chi connectivity index (χ4n) is 4.07. The van der Waals surface area contributed by atoms with E-state index >= 15 is 0 Å². The molecule has 2 heterocycles. The van der Waals surface area contributed by atoms with Crippen LogP contribution in [0.3, 0.4) is 0 Å². The minimum Gasteiger partial charge on any atom is -0.497 e. The van der Waals surface area contributed by atoms with Crippen LogP contribution < -0.4 is 15.0 Å². The number of carbonyl (C=O) groups excluding carboxylic acids is 2. The van der Waals surface area contributed by atoms with Crippen molar-refractivity contribution in [1.82, 2.24) is 24.9 Å². The number of hydrogen-bond donors (Lipinski definition) is 1. The normalized spacial score (nSPS) is 12.4. The van der Waals surface area contributed by atoms with Crippen LogP contribution in [0.1, 0.15) is 38.9 Å². The molecule has 0 aliphatic rings. The third kappa shape index (κ3) is 5.10. The first-order valence-electron chi connectivity index (χ1n) is 11.9. The summed E-state index contributed by atoms with van der Waals surface area (Å²) in [5.74, 6) is -0.00531. The van der Waals surface area contributed by atoms with Gasteiger partial charge in [-0.3, -0.25) is 14.5 Å². The van der Waals surface area contributed by atoms with Crippen LogP contribution in [-0.2, 0) is 23.2 Å². The van der Waals surface area contributed by atoms with E-state index in [4.69, 9.17) is 4.74 Å². The summed E-state index contributed by atoms with van der Waals surface area (Å²) in [4.78, 5) is 29.4. The van der Waals surface area contributed by atoms with E-state index in [2.05, 4.69) is 15.6 Å². The zero-order valence-corrected chi connectivity index (χ0v) is 21.3. The number of fused-ring (bicyclic) bond motifs is 1. The molecule has 0 bridgehead atoms. The lowest BCUT2D eigenvalue weighted by atomic mass is 10.00. The number of para-hydroxylation sites is 1. The molecule has 36 heavy (non-hydrogen) atoms. The minimum absolute atomic E-state index is 0.0942. The Hall–Kier alpha value is -4.14. The summed E-state index contributed by atoms with van der Waals surface area (Å²) in [6.07, 6.45) is 2.59. The third-order valence-corrected chi connectivity index (χ3v) is 6.42. The van der Waals surface area contributed by atoms with Gasteiger partial charge in [0.05, 0.1) is 18.3 Å². The quantitative estimate of drug-likeness (QED) is 0.386. The zero-order valence-electron chi connectivity index (χ0n) is 21.3. The summed E-state index contributed by atoms with van der Waals surface area (Å²) >= 11 is 0. The molecule has 2 amide bonds. The number of amides is 2. The molecule has 0 radical (unpaired) electrons. The Balaban J connectivity index is 1.83. The number of benzene rings is 2. The van der Waals surface area contributed by atoms with Gasteiger partial charge in [-0.2, -0.15) is 0 Å². The van der Waals surface area contributed by atoms with Gasteiger partial charge in [0.2, 0.25) is 11.8 Å². The molecule has 4 rings (SSSR count). The molecular weight excluding hydrogens is 456 g/mol. The number of anilines is 1. The number of nitrogens with one attached hydrogen (secondary N) is 1. The second kappa shape index (κ2) is 10.2. The molecule has 4 aromatic rings. The average molecular weight is 489 g/mol. The van der Waals surface area contributed by atoms with Crippen LogP contribution in [0.5, 0.6) is 5.75 Å². The molecule has 0 aliphatic heterocycles. The van der Waals surface area contributed by atoms with Crippen LogP contribution in [0.4, 0.5) is 5.69 Å². The number of carbonyl (C=O) groups is 2. The Kier molecular flexibility index (Phi) is 7.10. The highest BCUT2D eigenvalue weighted by Crippen LogP contribution is 2.31. The van der Waals surface area contributed by atoms with Gasteiger partial charge in [0, 0.05) is 30.5 Å². The highest BCUT2D eigenvalue weighted by molar-refractivity contribution is 6.01. The molecule has 0 spiro atoms. The van der Waals surface area contributed by atoms with Gasteiger partial charge in [-0.05, 0) is 56.7 Å². The summed E-state index contributed by atoms with van der Waals surface area (Å²) in [5.41, 5.74) is 2.20. The molecule has 9 nitrogen and oxygen atoms in total. The number of rotatable bonds is 9. The van der Waals surface area contributed by atoms with Crippen molar-refractivity contribution >= 4 is 28.5 Å². The van der Waals surface area contributed by atoms with Crippen molar-refractivity contribution in [1.29, 1.82) is 0 Å². The Morgan fingerprint density at radius 3 is 2.58 bits per heavy atom. The van der Waals surface area contributed by atoms with Crippen molar-refractivity contribution in [3.05, 3.63) is 72.6 Å². The number of aromatic nitrogens is 4. The van der Waals surface area contributed by atoms with Gasteiger partial charge < -0.3 is 14.6 Å². The highest BCUT2D eigenvalue weighted by atomic mass is 16.5. The van der Waals surface area contributed by atoms with Crippen LogP contribution in [-0.4, -0.2) is 44.0 Å². The maximum absolute atomic E-state index is 14.0. The number of hydrogen-bond acceptors (Lipinski definition) is 5. The van der Waals surface area contributed by atoms with Gasteiger partial charge in [0.1, 0.15) is 17.8 Å². The molecule has 9 heteroatoms. The van der Waals surface area contributed by atoms with Gasteiger partial charge in [-0.1, -0.05) is 30.3 Å². The van der Waals surface area contributed by atoms with Crippen molar-refractivity contribution in [2.75, 3.05) is 12.0 Å². The maximum atomic E-state index is 14.0. The number of nitrogens with zero attached hydrogens (tertiary/aromatic N) is 5. The first-order chi connectivity index (χ1) is 17.2. The van der Waals surface area contributed by atoms with E-state index < -0.39 is 11.6 Å². The van der Waals surface area contributed by atoms with Crippen LogP contribution in [0.2, 0.25) is 0 Å². The standard InChI is InChI=1S/C27H32N6O3/c1-6-27(2,3)28-26(35)25(23-15-10-16-31(23)4)33(19-11-9-12-20(17-19)36-5)24(34)18-32-22-14-8-7-13-21(22)29-30-32/h7-17,25H,6,18H2,1-5H3,(H,28,35)/t25-/m0/s1. The molecule has 1 N–H and O–H groups in total. The first-order valence-corrected chi connectivity index (χ1v) is 11.9. The zero-order chi connectivity index (χ0) is 25.9. The molecule has 2 aromatic carbocycles. The Morgan fingerprint density at radius 2 is 1.89 bits per heavy atom. The monoisotopic (exact) mass is 488 g/mol. The second-order valence-electron chi connectivity index (χ2n) is 9.37. The van der Waals surface area contributed by atoms with Crippen LogP contribution in [0.25, 0.3) is 11.0 Å². The predicted octanol–water partition coefficient (Wildman–Crippen LogP) is 3.86. The fraction of sp³-hybridized carbons (Fsp3) is 0.333. The largest absolute Gasteiger partial charge is 0.497 e. The molecule has 188 valence electrons. The van der Waals surface area contributed by atoms with Crippen molar-refractivity contribution in [2.45, 2.75) is 45.3 Å². The predicted molar refractivity (Wildman–Crippen MR) is 139 cm³/mol. The number of ether oxygens (including phenoxy) is 1. The van der Waals surface area contributed by atoms with E-state index in [0.29, 0.717) is 22.6 Å². The summed E-state index contributed by atoms with van der Waals surface area (Å²) < 4.78 is 8.84. The molecule has 0 fully saturated rings. The van der Waals surface area contributed by atoms with E-state index in [-0.39, 0.29) is 18.4 Å². The molecule has 0 aliphatic carbocycles. The summed E-state index contributed by atoms with van der Waals surface area (Å²) in [6.45, 7) is 5.85. The van der Waals surface area contributed by atoms with Gasteiger partial charge >= 0.3 is 0 Å². The molecule has 1 atom stereocenters. The molecule has 2 aromatic heterocycles. The topological polar surface area (TPSA) is 94.3 Å². The molecule has 0 saturated heterocycles. The fourth-order valence-corrected chi connectivity index (χ4v) is 4.07. The molecule has 0 saturated carbocycles. The number of aryl methyl sites for hydroxylation is 1. The van der Waals surface area contributed by atoms with Gasteiger partial charge in [-0.25, -0.2) is 4.68 Å². The Bertz CT molecular complexity index is 1370. The van der Waals surface area contributed by atoms with E-state index in [1.807, 2.05) is 75.0 Å². The van der Waals surface area contributed by atoms with Gasteiger partial charge in [-0.15, -0.1) is 5.10 Å². The van der Waals surface area contributed by atoms with E-state index in [9.17, 15) is 9.59 Å². The van der Waals surface area contributed by atoms with E-state index in [0.717, 1.165) is 11.9 Å². The number of methoxy groups -OCH3 is 1. The highest BCUT2D eigenvalue weighted by Gasteiger charge is 2.36. The summed E-state index contributed by atoms with van der Waals surface area (Å²) in [7, 11) is 3.43. The van der Waals surface area contributed by atoms with Gasteiger partial charge in [0.15, 0.2) is 6.04 Å². The van der Waals surface area contributed by atoms with Crippen LogP contribution >= 0.6 is 0 Å². The van der Waals surface area contributed by atoms with Crippen molar-refractivity contribution in [3.8, 4) is 5.75 Å². The maximum Gasteiger partial charge on any atom is 0.249 e. The lowest BCUT2D eigenvalue weighted by molar-refractivity contribution is -0.128. The third-order valence-electron chi connectivity index (χ3n) is 6.42. The van der Waals surface area contributed by atoms with Gasteiger partial charge in [0.25, 0.3) is 0 Å². The van der Waals surface area contributed by atoms with E-state index in [1.165, 1.54) is 4.90 Å². The Labute approximate surface area is 210 Å². The average Bonchev–Trinajstić information content (AvgIpc) is 3.48. The summed E-state index contributed by atoms with van der Waals surface area (Å²) in [5, 5.41) is 11.5. The van der Waals surface area contributed by atoms with Crippen LogP contribution in [0, 0.1) is 0 Å². The van der Waals surface area contributed by atoms with Crippen molar-refractivity contribution in [2.24, 2.45) is 7.05 Å². The second-order valence-corrected chi connectivity index (χ2v) is 9.37. The smallest absolute Gasteiger partial charge is 0.249 e. The summed E-state index contributed by atoms with van der Waals surface area (Å²) in [6, 6.07) is 17.4. The minimum atomic E-state index is -0.926. The van der Waals surface area contributed by atoms with E-state index in [1.54, 1.807) is 36.1 Å². The van der Waals surface area contributed by atoms with Crippen molar-refractivity contribution < 1.29 is 14.3 Å². The lowest BCUT2D eigenvalue weighted by Crippen LogP contribution is -2.51. The first kappa shape index (κ1) is 25.0. The molecule has 0 unspecified atom stereocenters. The lowest BCUT2D eigenvalue weighted by Gasteiger charge is -2.34. The molecular formula is C27H32N6O3.